The Balaban J connectivity index is 1.73. The van der Waals surface area contributed by atoms with Crippen LogP contribution >= 0.6 is 0 Å². The lowest BCUT2D eigenvalue weighted by molar-refractivity contribution is -0.130. The Morgan fingerprint density at radius 2 is 1.73 bits per heavy atom. The van der Waals surface area contributed by atoms with E-state index in [-0.39, 0.29) is 18.1 Å². The van der Waals surface area contributed by atoms with E-state index in [1.54, 1.807) is 48.5 Å². The van der Waals surface area contributed by atoms with E-state index in [2.05, 4.69) is 5.32 Å². The second-order valence-corrected chi connectivity index (χ2v) is 5.52. The molecule has 1 amide bonds. The largest absolute Gasteiger partial charge is 0.457 e. The number of rotatable bonds is 6. The van der Waals surface area contributed by atoms with Crippen molar-refractivity contribution in [3.63, 3.8) is 0 Å². The van der Waals surface area contributed by atoms with E-state index in [0.717, 1.165) is 5.56 Å². The zero-order valence-corrected chi connectivity index (χ0v) is 13.7. The molecule has 0 spiro atoms. The maximum absolute atomic E-state index is 13.0. The zero-order valence-electron chi connectivity index (χ0n) is 13.7. The number of nitrogens with one attached hydrogen (secondary N) is 1. The van der Waals surface area contributed by atoms with Crippen molar-refractivity contribution in [2.45, 2.75) is 12.6 Å². The molecule has 6 heteroatoms. The van der Waals surface area contributed by atoms with Gasteiger partial charge in [-0.2, -0.15) is 0 Å². The van der Waals surface area contributed by atoms with Crippen LogP contribution in [-0.2, 0) is 16.1 Å². The highest BCUT2D eigenvalue weighted by molar-refractivity contribution is 5.90. The highest BCUT2D eigenvalue weighted by Crippen LogP contribution is 2.20. The molecule has 0 aliphatic rings. The van der Waals surface area contributed by atoms with Gasteiger partial charge in [-0.3, -0.25) is 4.79 Å². The molecule has 0 bridgehead atoms. The Labute approximate surface area is 149 Å². The van der Waals surface area contributed by atoms with E-state index in [0.29, 0.717) is 5.56 Å². The molecule has 26 heavy (non-hydrogen) atoms. The SMILES string of the molecule is O=C(O[C@H](C(=O)NCc1ccc(F)cc1)c1ccccc1)c1ccco1. The first kappa shape index (κ1) is 17.4. The fourth-order valence-corrected chi connectivity index (χ4v) is 2.34. The third-order valence-electron chi connectivity index (χ3n) is 3.67. The number of hydrogen-bond donors (Lipinski definition) is 1. The minimum Gasteiger partial charge on any atom is -0.457 e. The lowest BCUT2D eigenvalue weighted by Crippen LogP contribution is -2.31. The van der Waals surface area contributed by atoms with Crippen LogP contribution in [0, 0.1) is 5.82 Å². The third kappa shape index (κ3) is 4.36. The van der Waals surface area contributed by atoms with Crippen molar-refractivity contribution in [3.05, 3.63) is 95.7 Å². The Bertz CT molecular complexity index is 861. The molecule has 3 rings (SSSR count). The van der Waals surface area contributed by atoms with Gasteiger partial charge in [-0.1, -0.05) is 42.5 Å². The van der Waals surface area contributed by atoms with Gasteiger partial charge in [0.2, 0.25) is 11.9 Å². The number of amides is 1. The highest BCUT2D eigenvalue weighted by atomic mass is 19.1. The van der Waals surface area contributed by atoms with Gasteiger partial charge in [0.15, 0.2) is 0 Å². The summed E-state index contributed by atoms with van der Waals surface area (Å²) in [7, 11) is 0. The van der Waals surface area contributed by atoms with E-state index in [1.807, 2.05) is 0 Å². The molecular formula is C20H16FNO4. The second kappa shape index (κ2) is 8.11. The lowest BCUT2D eigenvalue weighted by atomic mass is 10.1. The predicted molar refractivity (Wildman–Crippen MR) is 91.6 cm³/mol. The molecule has 2 aromatic carbocycles. The van der Waals surface area contributed by atoms with Crippen molar-refractivity contribution < 1.29 is 23.1 Å². The van der Waals surface area contributed by atoms with Gasteiger partial charge in [0.25, 0.3) is 5.91 Å². The van der Waals surface area contributed by atoms with Gasteiger partial charge in [-0.05, 0) is 29.8 Å². The molecule has 0 aliphatic heterocycles. The monoisotopic (exact) mass is 353 g/mol. The number of hydrogen-bond acceptors (Lipinski definition) is 4. The van der Waals surface area contributed by atoms with E-state index >= 15 is 0 Å². The van der Waals surface area contributed by atoms with Crippen molar-refractivity contribution in [2.75, 3.05) is 0 Å². The molecule has 0 saturated carbocycles. The fourth-order valence-electron chi connectivity index (χ4n) is 2.34. The van der Waals surface area contributed by atoms with E-state index < -0.39 is 18.0 Å². The summed E-state index contributed by atoms with van der Waals surface area (Å²) in [5.74, 6) is -1.56. The number of halogens is 1. The number of ether oxygens (including phenoxy) is 1. The third-order valence-corrected chi connectivity index (χ3v) is 3.67. The fraction of sp³-hybridized carbons (Fsp3) is 0.100. The predicted octanol–water partition coefficient (Wildman–Crippen LogP) is 3.63. The van der Waals surface area contributed by atoms with Crippen LogP contribution in [0.3, 0.4) is 0 Å². The molecule has 132 valence electrons. The van der Waals surface area contributed by atoms with Crippen LogP contribution in [0.5, 0.6) is 0 Å². The van der Waals surface area contributed by atoms with Gasteiger partial charge in [-0.15, -0.1) is 0 Å². The molecule has 0 aliphatic carbocycles. The Kier molecular flexibility index (Phi) is 5.43. The molecule has 0 fully saturated rings. The number of benzene rings is 2. The summed E-state index contributed by atoms with van der Waals surface area (Å²) >= 11 is 0. The van der Waals surface area contributed by atoms with Crippen molar-refractivity contribution in [2.24, 2.45) is 0 Å². The van der Waals surface area contributed by atoms with Crippen LogP contribution in [0.25, 0.3) is 0 Å². The smallest absolute Gasteiger partial charge is 0.375 e. The van der Waals surface area contributed by atoms with E-state index in [1.165, 1.54) is 24.5 Å². The normalized spacial score (nSPS) is 11.6. The van der Waals surface area contributed by atoms with Crippen LogP contribution < -0.4 is 5.32 Å². The van der Waals surface area contributed by atoms with Crippen LogP contribution in [0.1, 0.15) is 27.8 Å². The minimum absolute atomic E-state index is 0.0114. The zero-order chi connectivity index (χ0) is 18.4. The lowest BCUT2D eigenvalue weighted by Gasteiger charge is -2.17. The van der Waals surface area contributed by atoms with Crippen molar-refractivity contribution in [1.82, 2.24) is 5.32 Å². The number of carbonyl (C=O) groups excluding carboxylic acids is 2. The van der Waals surface area contributed by atoms with Crippen molar-refractivity contribution in [1.29, 1.82) is 0 Å². The second-order valence-electron chi connectivity index (χ2n) is 5.52. The average Bonchev–Trinajstić information content (AvgIpc) is 3.21. The van der Waals surface area contributed by atoms with Crippen LogP contribution in [-0.4, -0.2) is 11.9 Å². The first-order valence-electron chi connectivity index (χ1n) is 7.95. The summed E-state index contributed by atoms with van der Waals surface area (Å²) in [6.07, 6.45) is 0.220. The van der Waals surface area contributed by atoms with Crippen molar-refractivity contribution >= 4 is 11.9 Å². The molecule has 0 unspecified atom stereocenters. The quantitative estimate of drug-likeness (QED) is 0.687. The molecule has 0 saturated heterocycles. The molecule has 1 N–H and O–H groups in total. The van der Waals surface area contributed by atoms with Gasteiger partial charge in [0, 0.05) is 12.1 Å². The topological polar surface area (TPSA) is 68.5 Å². The summed E-state index contributed by atoms with van der Waals surface area (Å²) in [5.41, 5.74) is 1.26. The first-order chi connectivity index (χ1) is 12.6. The van der Waals surface area contributed by atoms with Gasteiger partial charge < -0.3 is 14.5 Å². The minimum atomic E-state index is -1.13. The molecule has 1 aromatic heterocycles. The summed E-state index contributed by atoms with van der Waals surface area (Å²) < 4.78 is 23.3. The van der Waals surface area contributed by atoms with Crippen LogP contribution in [0.4, 0.5) is 4.39 Å². The Morgan fingerprint density at radius 3 is 2.38 bits per heavy atom. The van der Waals surface area contributed by atoms with E-state index in [4.69, 9.17) is 9.15 Å². The molecule has 3 aromatic rings. The summed E-state index contributed by atoms with van der Waals surface area (Å²) in [6.45, 7) is 0.181. The Morgan fingerprint density at radius 1 is 1.00 bits per heavy atom. The molecule has 5 nitrogen and oxygen atoms in total. The van der Waals surface area contributed by atoms with Gasteiger partial charge >= 0.3 is 5.97 Å². The van der Waals surface area contributed by atoms with Gasteiger partial charge in [0.1, 0.15) is 5.82 Å². The van der Waals surface area contributed by atoms with E-state index in [9.17, 15) is 14.0 Å². The van der Waals surface area contributed by atoms with Crippen LogP contribution in [0.2, 0.25) is 0 Å². The first-order valence-corrected chi connectivity index (χ1v) is 7.95. The van der Waals surface area contributed by atoms with Gasteiger partial charge in [0.05, 0.1) is 6.26 Å². The molecule has 1 atom stereocenters. The summed E-state index contributed by atoms with van der Waals surface area (Å²) in [5, 5.41) is 2.70. The van der Waals surface area contributed by atoms with Crippen LogP contribution in [0.15, 0.2) is 77.4 Å². The number of carbonyl (C=O) groups is 2. The molecular weight excluding hydrogens is 337 g/mol. The Hall–Kier alpha value is -3.41. The molecule has 0 radical (unpaired) electrons. The summed E-state index contributed by atoms with van der Waals surface area (Å²) in [6, 6.07) is 17.5. The number of furan rings is 1. The summed E-state index contributed by atoms with van der Waals surface area (Å²) in [4.78, 5) is 24.8. The maximum Gasteiger partial charge on any atom is 0.375 e. The van der Waals surface area contributed by atoms with Gasteiger partial charge in [-0.25, -0.2) is 9.18 Å². The highest BCUT2D eigenvalue weighted by Gasteiger charge is 2.26. The maximum atomic E-state index is 13.0. The number of esters is 1. The average molecular weight is 353 g/mol. The standard InChI is InChI=1S/C20H16FNO4/c21-16-10-8-14(9-11-16)13-22-19(23)18(15-5-2-1-3-6-15)26-20(24)17-7-4-12-25-17/h1-12,18H,13H2,(H,22,23)/t18-/m0/s1. The molecule has 1 heterocycles. The van der Waals surface area contributed by atoms with Crippen molar-refractivity contribution in [3.8, 4) is 0 Å².